The maximum Gasteiger partial charge on any atom is 0.335 e. The molecule has 6 atom stereocenters. The first kappa shape index (κ1) is 20.4. The Balaban J connectivity index is 2.22. The maximum atomic E-state index is 11.1. The van der Waals surface area contributed by atoms with E-state index in [1.54, 1.807) is 13.1 Å². The van der Waals surface area contributed by atoms with E-state index in [1.807, 2.05) is 0 Å². The molecule has 1 fully saturated rings. The highest BCUT2D eigenvalue weighted by atomic mass is 16.7. The molecule has 1 aliphatic heterocycles. The third kappa shape index (κ3) is 4.23. The van der Waals surface area contributed by atoms with Crippen molar-refractivity contribution in [3.63, 3.8) is 0 Å². The lowest BCUT2D eigenvalue weighted by molar-refractivity contribution is -0.271. The van der Waals surface area contributed by atoms with Gasteiger partial charge in [0, 0.05) is 6.54 Å². The Hall–Kier alpha value is -1.95. The molecule has 1 aromatic rings. The summed E-state index contributed by atoms with van der Waals surface area (Å²) in [6.45, 7) is 0.318. The molecule has 1 saturated heterocycles. The number of aliphatic hydroxyl groups is 4. The van der Waals surface area contributed by atoms with Gasteiger partial charge in [-0.05, 0) is 24.7 Å². The van der Waals surface area contributed by atoms with Gasteiger partial charge in [0.05, 0.1) is 13.2 Å². The second-order valence-electron chi connectivity index (χ2n) is 5.84. The quantitative estimate of drug-likeness (QED) is 0.323. The summed E-state index contributed by atoms with van der Waals surface area (Å²) in [4.78, 5) is 11.1. The standard InChI is InChI=1S/C16H23NO9/c1-17-6-8(18)7-3-4-9(10(5-7)24-2)25-16-13(21)11(19)12(20)14(26-16)15(22)23/h3-5,8,11-14,16-21H,6H2,1-2H3,(H,22,23)/t8-,11-,12-,13+,14-,16+/m0/s1. The number of benzene rings is 1. The molecule has 0 aromatic heterocycles. The molecule has 146 valence electrons. The van der Waals surface area contributed by atoms with E-state index >= 15 is 0 Å². The van der Waals surface area contributed by atoms with Crippen LogP contribution in [0.4, 0.5) is 0 Å². The maximum absolute atomic E-state index is 11.1. The number of nitrogens with one attached hydrogen (secondary N) is 1. The molecule has 0 saturated carbocycles. The number of carbonyl (C=O) groups is 1. The lowest BCUT2D eigenvalue weighted by Gasteiger charge is -2.38. The van der Waals surface area contributed by atoms with E-state index in [9.17, 15) is 25.2 Å². The number of likely N-dealkylation sites (N-methyl/N-ethyl adjacent to an activating group) is 1. The molecular weight excluding hydrogens is 350 g/mol. The number of aliphatic carboxylic acids is 1. The van der Waals surface area contributed by atoms with Gasteiger partial charge in [-0.3, -0.25) is 0 Å². The third-order valence-corrected chi connectivity index (χ3v) is 4.03. The van der Waals surface area contributed by atoms with Crippen LogP contribution in [0.25, 0.3) is 0 Å². The van der Waals surface area contributed by atoms with Crippen molar-refractivity contribution in [2.75, 3.05) is 20.7 Å². The predicted octanol–water partition coefficient (Wildman–Crippen LogP) is -1.78. The Morgan fingerprint density at radius 2 is 1.92 bits per heavy atom. The fourth-order valence-electron chi connectivity index (χ4n) is 2.57. The van der Waals surface area contributed by atoms with E-state index in [-0.39, 0.29) is 11.5 Å². The molecule has 10 nitrogen and oxygen atoms in total. The number of methoxy groups -OCH3 is 1. The number of ether oxygens (including phenoxy) is 3. The van der Waals surface area contributed by atoms with Crippen LogP contribution in [0.3, 0.4) is 0 Å². The molecule has 1 heterocycles. The zero-order valence-electron chi connectivity index (χ0n) is 14.3. The topological polar surface area (TPSA) is 158 Å². The van der Waals surface area contributed by atoms with Crippen molar-refractivity contribution < 1.29 is 44.5 Å². The SMILES string of the molecule is CNC[C@H](O)c1ccc(O[C@@H]2O[C@H](C(=O)O)[C@@H](O)[C@H](O)[C@H]2O)c(OC)c1. The van der Waals surface area contributed by atoms with Gasteiger partial charge in [-0.15, -0.1) is 0 Å². The second-order valence-corrected chi connectivity index (χ2v) is 5.84. The van der Waals surface area contributed by atoms with Crippen LogP contribution in [-0.4, -0.2) is 82.9 Å². The summed E-state index contributed by atoms with van der Waals surface area (Å²) in [6, 6.07) is 4.54. The fourth-order valence-corrected chi connectivity index (χ4v) is 2.57. The largest absolute Gasteiger partial charge is 0.493 e. The Morgan fingerprint density at radius 3 is 2.50 bits per heavy atom. The lowest BCUT2D eigenvalue weighted by atomic mass is 9.99. The van der Waals surface area contributed by atoms with E-state index in [2.05, 4.69) is 5.32 Å². The molecule has 10 heteroatoms. The summed E-state index contributed by atoms with van der Waals surface area (Å²) in [7, 11) is 3.06. The third-order valence-electron chi connectivity index (χ3n) is 4.03. The van der Waals surface area contributed by atoms with Crippen LogP contribution in [0.5, 0.6) is 11.5 Å². The summed E-state index contributed by atoms with van der Waals surface area (Å²) in [5.41, 5.74) is 0.549. The van der Waals surface area contributed by atoms with Crippen molar-refractivity contribution in [2.45, 2.75) is 36.8 Å². The van der Waals surface area contributed by atoms with E-state index < -0.39 is 42.8 Å². The molecule has 2 rings (SSSR count). The summed E-state index contributed by atoms with van der Waals surface area (Å²) in [6.07, 6.45) is -9.34. The van der Waals surface area contributed by atoms with E-state index in [0.29, 0.717) is 12.1 Å². The van der Waals surface area contributed by atoms with Crippen LogP contribution in [0.15, 0.2) is 18.2 Å². The lowest BCUT2D eigenvalue weighted by Crippen LogP contribution is -2.61. The first-order valence-corrected chi connectivity index (χ1v) is 7.89. The van der Waals surface area contributed by atoms with Crippen molar-refractivity contribution in [3.8, 4) is 11.5 Å². The zero-order valence-corrected chi connectivity index (χ0v) is 14.3. The molecule has 0 spiro atoms. The van der Waals surface area contributed by atoms with Gasteiger partial charge in [0.15, 0.2) is 17.6 Å². The van der Waals surface area contributed by atoms with Crippen LogP contribution in [0.2, 0.25) is 0 Å². The van der Waals surface area contributed by atoms with Gasteiger partial charge in [-0.25, -0.2) is 4.79 Å². The number of carboxylic acids is 1. The van der Waals surface area contributed by atoms with Gasteiger partial charge < -0.3 is 45.1 Å². The molecular formula is C16H23NO9. The monoisotopic (exact) mass is 373 g/mol. The molecule has 0 amide bonds. The number of rotatable bonds is 7. The Labute approximate surface area is 149 Å². The fraction of sp³-hybridized carbons (Fsp3) is 0.562. The average Bonchev–Trinajstić information content (AvgIpc) is 2.62. The van der Waals surface area contributed by atoms with Gasteiger partial charge in [0.25, 0.3) is 0 Å². The highest BCUT2D eigenvalue weighted by Crippen LogP contribution is 2.33. The van der Waals surface area contributed by atoms with Gasteiger partial charge >= 0.3 is 5.97 Å². The summed E-state index contributed by atoms with van der Waals surface area (Å²) in [5.74, 6) is -1.19. The van der Waals surface area contributed by atoms with Crippen molar-refractivity contribution >= 4 is 5.97 Å². The van der Waals surface area contributed by atoms with Gasteiger partial charge in [-0.2, -0.15) is 0 Å². The van der Waals surface area contributed by atoms with E-state index in [0.717, 1.165) is 0 Å². The van der Waals surface area contributed by atoms with Crippen molar-refractivity contribution in [1.82, 2.24) is 5.32 Å². The molecule has 0 radical (unpaired) electrons. The van der Waals surface area contributed by atoms with Crippen molar-refractivity contribution in [1.29, 1.82) is 0 Å². The Bertz CT molecular complexity index is 626. The Morgan fingerprint density at radius 1 is 1.23 bits per heavy atom. The van der Waals surface area contributed by atoms with Crippen LogP contribution in [-0.2, 0) is 9.53 Å². The number of carboxylic acid groups (broad SMARTS) is 1. The minimum atomic E-state index is -1.80. The molecule has 0 unspecified atom stereocenters. The smallest absolute Gasteiger partial charge is 0.335 e. The molecule has 1 aliphatic rings. The van der Waals surface area contributed by atoms with Crippen LogP contribution in [0.1, 0.15) is 11.7 Å². The number of hydrogen-bond acceptors (Lipinski definition) is 9. The molecule has 26 heavy (non-hydrogen) atoms. The summed E-state index contributed by atoms with van der Waals surface area (Å²) in [5, 5.41) is 51.4. The van der Waals surface area contributed by atoms with Gasteiger partial charge in [-0.1, -0.05) is 6.07 Å². The molecule has 0 bridgehead atoms. The zero-order chi connectivity index (χ0) is 19.4. The second kappa shape index (κ2) is 8.62. The summed E-state index contributed by atoms with van der Waals surface area (Å²) < 4.78 is 15.7. The Kier molecular flexibility index (Phi) is 6.75. The first-order chi connectivity index (χ1) is 12.3. The number of aliphatic hydroxyl groups excluding tert-OH is 4. The van der Waals surface area contributed by atoms with Crippen molar-refractivity contribution in [3.05, 3.63) is 23.8 Å². The molecule has 0 aliphatic carbocycles. The first-order valence-electron chi connectivity index (χ1n) is 7.89. The highest BCUT2D eigenvalue weighted by Gasteiger charge is 2.48. The van der Waals surface area contributed by atoms with Crippen LogP contribution >= 0.6 is 0 Å². The normalized spacial score (nSPS) is 29.8. The molecule has 1 aromatic carbocycles. The van der Waals surface area contributed by atoms with Crippen molar-refractivity contribution in [2.24, 2.45) is 0 Å². The van der Waals surface area contributed by atoms with Crippen LogP contribution in [0, 0.1) is 0 Å². The van der Waals surface area contributed by atoms with Gasteiger partial charge in [0.1, 0.15) is 18.3 Å². The minimum absolute atomic E-state index is 0.102. The number of hydrogen-bond donors (Lipinski definition) is 6. The van der Waals surface area contributed by atoms with E-state index in [1.165, 1.54) is 19.2 Å². The van der Waals surface area contributed by atoms with Crippen LogP contribution < -0.4 is 14.8 Å². The highest BCUT2D eigenvalue weighted by molar-refractivity contribution is 5.73. The average molecular weight is 373 g/mol. The summed E-state index contributed by atoms with van der Waals surface area (Å²) >= 11 is 0. The van der Waals surface area contributed by atoms with Gasteiger partial charge in [0.2, 0.25) is 6.29 Å². The van der Waals surface area contributed by atoms with E-state index in [4.69, 9.17) is 19.3 Å². The minimum Gasteiger partial charge on any atom is -0.493 e. The molecule has 6 N–H and O–H groups in total. The predicted molar refractivity (Wildman–Crippen MR) is 86.8 cm³/mol.